The zero-order valence-electron chi connectivity index (χ0n) is 23.0. The second-order valence-corrected chi connectivity index (χ2v) is 13.7. The zero-order chi connectivity index (χ0) is 29.9. The lowest BCUT2D eigenvalue weighted by atomic mass is 10.1. The second-order valence-electron chi connectivity index (χ2n) is 9.75. The Morgan fingerprint density at radius 3 is 1.98 bits per heavy atom. The predicted octanol–water partition coefficient (Wildman–Crippen LogP) is 6.21. The van der Waals surface area contributed by atoms with Crippen LogP contribution in [-0.4, -0.2) is 29.3 Å². The summed E-state index contributed by atoms with van der Waals surface area (Å²) in [5, 5.41) is 2.98. The number of sulfonamides is 2. The van der Waals surface area contributed by atoms with Gasteiger partial charge in [0, 0.05) is 10.7 Å². The minimum absolute atomic E-state index is 0.00796. The molecule has 0 aliphatic heterocycles. The number of carbonyl (C=O) groups excluding carboxylic acids is 1. The van der Waals surface area contributed by atoms with E-state index >= 15 is 0 Å². The highest BCUT2D eigenvalue weighted by molar-refractivity contribution is 7.93. The molecule has 4 rings (SSSR count). The summed E-state index contributed by atoms with van der Waals surface area (Å²) in [7, 11) is -8.01. The summed E-state index contributed by atoms with van der Waals surface area (Å²) in [6.45, 7) is 6.78. The summed E-state index contributed by atoms with van der Waals surface area (Å²) in [4.78, 5) is 13.2. The maximum Gasteiger partial charge on any atom is 0.264 e. The average molecular weight is 612 g/mol. The third kappa shape index (κ3) is 7.08. The van der Waals surface area contributed by atoms with E-state index in [2.05, 4.69) is 10.0 Å². The third-order valence-corrected chi connectivity index (χ3v) is 9.80. The average Bonchev–Trinajstić information content (AvgIpc) is 2.91. The van der Waals surface area contributed by atoms with Crippen LogP contribution >= 0.6 is 11.6 Å². The molecule has 0 aliphatic rings. The van der Waals surface area contributed by atoms with Crippen LogP contribution in [0, 0.1) is 27.7 Å². The normalized spacial score (nSPS) is 11.6. The standard InChI is InChI=1S/C30H30ClN3O5S2/c1-20-5-12-27(13-6-20)41(38,39)34(29-18-24(31)9-8-22(29)3)19-30(35)32-25-10-14-26(15-11-25)40(36,37)33-28-16-7-21(2)17-23(28)4/h5-18,33H,19H2,1-4H3,(H,32,35). The van der Waals surface area contributed by atoms with Crippen molar-refractivity contribution in [2.24, 2.45) is 0 Å². The fourth-order valence-corrected chi connectivity index (χ4v) is 6.94. The van der Waals surface area contributed by atoms with E-state index in [9.17, 15) is 21.6 Å². The molecule has 0 bridgehead atoms. The van der Waals surface area contributed by atoms with E-state index in [1.54, 1.807) is 37.3 Å². The van der Waals surface area contributed by atoms with Gasteiger partial charge in [-0.15, -0.1) is 0 Å². The van der Waals surface area contributed by atoms with Crippen LogP contribution in [0.1, 0.15) is 22.3 Å². The zero-order valence-corrected chi connectivity index (χ0v) is 25.4. The number of anilines is 3. The van der Waals surface area contributed by atoms with E-state index < -0.39 is 32.5 Å². The molecule has 0 saturated heterocycles. The monoisotopic (exact) mass is 611 g/mol. The largest absolute Gasteiger partial charge is 0.325 e. The molecule has 0 saturated carbocycles. The van der Waals surface area contributed by atoms with Crippen LogP contribution < -0.4 is 14.3 Å². The van der Waals surface area contributed by atoms with Gasteiger partial charge >= 0.3 is 0 Å². The molecule has 0 atom stereocenters. The first-order valence-electron chi connectivity index (χ1n) is 12.6. The molecule has 4 aromatic carbocycles. The Balaban J connectivity index is 1.56. The Bertz CT molecular complexity index is 1810. The van der Waals surface area contributed by atoms with Crippen LogP contribution in [0.2, 0.25) is 5.02 Å². The second kappa shape index (κ2) is 11.9. The van der Waals surface area contributed by atoms with E-state index in [4.69, 9.17) is 11.6 Å². The summed E-state index contributed by atoms with van der Waals surface area (Å²) in [6, 6.07) is 22.2. The molecule has 11 heteroatoms. The van der Waals surface area contributed by atoms with Gasteiger partial charge in [-0.05, 0) is 93.4 Å². The van der Waals surface area contributed by atoms with Gasteiger partial charge in [0.2, 0.25) is 5.91 Å². The number of benzene rings is 4. The maximum absolute atomic E-state index is 13.7. The highest BCUT2D eigenvalue weighted by Crippen LogP contribution is 2.30. The Morgan fingerprint density at radius 1 is 0.732 bits per heavy atom. The van der Waals surface area contributed by atoms with Gasteiger partial charge in [0.05, 0.1) is 21.2 Å². The number of aryl methyl sites for hydroxylation is 4. The number of carbonyl (C=O) groups is 1. The van der Waals surface area contributed by atoms with E-state index in [1.165, 1.54) is 42.5 Å². The fourth-order valence-electron chi connectivity index (χ4n) is 4.17. The van der Waals surface area contributed by atoms with Crippen LogP contribution in [0.25, 0.3) is 0 Å². The number of amides is 1. The molecule has 2 N–H and O–H groups in total. The van der Waals surface area contributed by atoms with E-state index in [-0.39, 0.29) is 15.5 Å². The smallest absolute Gasteiger partial charge is 0.264 e. The van der Waals surface area contributed by atoms with Crippen LogP contribution in [0.3, 0.4) is 0 Å². The molecule has 0 spiro atoms. The number of rotatable bonds is 9. The summed E-state index contributed by atoms with van der Waals surface area (Å²) in [5.41, 5.74) is 4.35. The number of hydrogen-bond donors (Lipinski definition) is 2. The van der Waals surface area contributed by atoms with Crippen molar-refractivity contribution in [2.75, 3.05) is 20.9 Å². The molecule has 41 heavy (non-hydrogen) atoms. The first-order chi connectivity index (χ1) is 19.3. The minimum Gasteiger partial charge on any atom is -0.325 e. The summed E-state index contributed by atoms with van der Waals surface area (Å²) in [5.74, 6) is -0.621. The Labute approximate surface area is 246 Å². The number of nitrogens with zero attached hydrogens (tertiary/aromatic N) is 1. The van der Waals surface area contributed by atoms with Crippen molar-refractivity contribution in [3.63, 3.8) is 0 Å². The van der Waals surface area contributed by atoms with Crippen molar-refractivity contribution in [1.29, 1.82) is 0 Å². The first-order valence-corrected chi connectivity index (χ1v) is 15.9. The molecule has 4 aromatic rings. The molecule has 0 radical (unpaired) electrons. The van der Waals surface area contributed by atoms with Gasteiger partial charge in [-0.25, -0.2) is 16.8 Å². The number of nitrogens with one attached hydrogen (secondary N) is 2. The van der Waals surface area contributed by atoms with Crippen molar-refractivity contribution in [3.8, 4) is 0 Å². The number of hydrogen-bond acceptors (Lipinski definition) is 5. The topological polar surface area (TPSA) is 113 Å². The first kappa shape index (κ1) is 30.1. The molecule has 8 nitrogen and oxygen atoms in total. The van der Waals surface area contributed by atoms with Crippen LogP contribution in [-0.2, 0) is 24.8 Å². The van der Waals surface area contributed by atoms with E-state index in [0.29, 0.717) is 22.0 Å². The van der Waals surface area contributed by atoms with Gasteiger partial charge in [-0.3, -0.25) is 13.8 Å². The molecule has 0 heterocycles. The molecule has 0 unspecified atom stereocenters. The van der Waals surface area contributed by atoms with Crippen molar-refractivity contribution in [3.05, 3.63) is 112 Å². The van der Waals surface area contributed by atoms with Crippen molar-refractivity contribution < 1.29 is 21.6 Å². The van der Waals surface area contributed by atoms with Gasteiger partial charge in [0.1, 0.15) is 6.54 Å². The van der Waals surface area contributed by atoms with Crippen LogP contribution in [0.15, 0.2) is 94.7 Å². The van der Waals surface area contributed by atoms with Gasteiger partial charge in [-0.1, -0.05) is 53.1 Å². The van der Waals surface area contributed by atoms with Crippen molar-refractivity contribution in [1.82, 2.24) is 0 Å². The molecule has 1 amide bonds. The summed E-state index contributed by atoms with van der Waals surface area (Å²) < 4.78 is 56.8. The van der Waals surface area contributed by atoms with Crippen LogP contribution in [0.5, 0.6) is 0 Å². The van der Waals surface area contributed by atoms with E-state index in [1.807, 2.05) is 32.9 Å². The fraction of sp³-hybridized carbons (Fsp3) is 0.167. The Kier molecular flexibility index (Phi) is 8.77. The third-order valence-electron chi connectivity index (χ3n) is 6.41. The van der Waals surface area contributed by atoms with Crippen LogP contribution in [0.4, 0.5) is 17.1 Å². The molecular weight excluding hydrogens is 582 g/mol. The molecule has 214 valence electrons. The Hall–Kier alpha value is -3.86. The lowest BCUT2D eigenvalue weighted by molar-refractivity contribution is -0.114. The summed E-state index contributed by atoms with van der Waals surface area (Å²) >= 11 is 6.19. The lowest BCUT2D eigenvalue weighted by Gasteiger charge is -2.26. The maximum atomic E-state index is 13.7. The van der Waals surface area contributed by atoms with E-state index in [0.717, 1.165) is 21.0 Å². The molecule has 0 aliphatic carbocycles. The van der Waals surface area contributed by atoms with Gasteiger partial charge in [0.15, 0.2) is 0 Å². The molecule has 0 aromatic heterocycles. The summed E-state index contributed by atoms with van der Waals surface area (Å²) in [6.07, 6.45) is 0. The Morgan fingerprint density at radius 2 is 1.34 bits per heavy atom. The SMILES string of the molecule is Cc1ccc(S(=O)(=O)N(CC(=O)Nc2ccc(S(=O)(=O)Nc3ccc(C)cc3C)cc2)c2cc(Cl)ccc2C)cc1. The molecular formula is C30H30ClN3O5S2. The van der Waals surface area contributed by atoms with Gasteiger partial charge < -0.3 is 5.32 Å². The number of halogens is 1. The van der Waals surface area contributed by atoms with Gasteiger partial charge in [-0.2, -0.15) is 0 Å². The minimum atomic E-state index is -4.13. The predicted molar refractivity (Wildman–Crippen MR) is 164 cm³/mol. The highest BCUT2D eigenvalue weighted by Gasteiger charge is 2.28. The van der Waals surface area contributed by atoms with Crippen molar-refractivity contribution in [2.45, 2.75) is 37.5 Å². The highest BCUT2D eigenvalue weighted by atomic mass is 35.5. The van der Waals surface area contributed by atoms with Gasteiger partial charge in [0.25, 0.3) is 20.0 Å². The molecule has 0 fully saturated rings. The quantitative estimate of drug-likeness (QED) is 0.234. The lowest BCUT2D eigenvalue weighted by Crippen LogP contribution is -2.38. The van der Waals surface area contributed by atoms with Crippen molar-refractivity contribution >= 4 is 54.6 Å².